The number of aromatic nitrogens is 2. The van der Waals surface area contributed by atoms with Gasteiger partial charge in [0.05, 0.1) is 27.6 Å². The maximum Gasteiger partial charge on any atom is 0.337 e. The molecule has 0 radical (unpaired) electrons. The van der Waals surface area contributed by atoms with Crippen LogP contribution in [0.5, 0.6) is 0 Å². The molecule has 1 aliphatic rings. The third-order valence-corrected chi connectivity index (χ3v) is 5.46. The van der Waals surface area contributed by atoms with Crippen molar-refractivity contribution in [2.75, 3.05) is 0 Å². The largest absolute Gasteiger partial charge is 0.460 e. The first-order valence-corrected chi connectivity index (χ1v) is 10.2. The maximum atomic E-state index is 13.1. The Hall–Kier alpha value is -2.31. The number of ether oxygens (including phenoxy) is 1. The first-order valence-electron chi connectivity index (χ1n) is 9.40. The topological polar surface area (TPSA) is 77.2 Å². The summed E-state index contributed by atoms with van der Waals surface area (Å²) in [7, 11) is 0. The van der Waals surface area contributed by atoms with Gasteiger partial charge in [0.1, 0.15) is 0 Å². The van der Waals surface area contributed by atoms with E-state index in [-0.39, 0.29) is 6.10 Å². The Bertz CT molecular complexity index is 1010. The molecule has 1 N–H and O–H groups in total. The van der Waals surface area contributed by atoms with E-state index in [0.29, 0.717) is 50.6 Å². The van der Waals surface area contributed by atoms with Gasteiger partial charge in [-0.3, -0.25) is 0 Å². The third kappa shape index (κ3) is 4.19. The van der Waals surface area contributed by atoms with Crippen molar-refractivity contribution < 1.29 is 14.1 Å². The molecule has 3 rings (SSSR count). The first-order chi connectivity index (χ1) is 13.7. The summed E-state index contributed by atoms with van der Waals surface area (Å²) in [6.07, 6.45) is 0.354. The zero-order chi connectivity index (χ0) is 21.3. The highest BCUT2D eigenvalue weighted by atomic mass is 35.5. The summed E-state index contributed by atoms with van der Waals surface area (Å²) in [6, 6.07) is 5.34. The molecule has 0 amide bonds. The van der Waals surface area contributed by atoms with Crippen LogP contribution in [0.25, 0.3) is 5.57 Å². The maximum absolute atomic E-state index is 13.1. The second kappa shape index (κ2) is 8.59. The third-order valence-electron chi connectivity index (χ3n) is 4.63. The minimum atomic E-state index is -0.571. The molecule has 0 aliphatic carbocycles. The van der Waals surface area contributed by atoms with Gasteiger partial charge in [-0.25, -0.2) is 4.79 Å². The Morgan fingerprint density at radius 2 is 2.00 bits per heavy atom. The van der Waals surface area contributed by atoms with Gasteiger partial charge in [-0.2, -0.15) is 4.98 Å². The van der Waals surface area contributed by atoms with Crippen LogP contribution in [0.1, 0.15) is 57.8 Å². The highest BCUT2D eigenvalue weighted by molar-refractivity contribution is 6.42. The molecule has 0 saturated carbocycles. The van der Waals surface area contributed by atoms with E-state index in [9.17, 15) is 4.79 Å². The van der Waals surface area contributed by atoms with E-state index in [0.717, 1.165) is 5.70 Å². The predicted molar refractivity (Wildman–Crippen MR) is 113 cm³/mol. The van der Waals surface area contributed by atoms with E-state index in [1.165, 1.54) is 0 Å². The van der Waals surface area contributed by atoms with Crippen molar-refractivity contribution in [1.29, 1.82) is 0 Å². The molecule has 1 aromatic heterocycles. The fourth-order valence-electron chi connectivity index (χ4n) is 3.39. The van der Waals surface area contributed by atoms with Crippen molar-refractivity contribution in [3.8, 4) is 0 Å². The normalized spacial score (nSPS) is 17.0. The van der Waals surface area contributed by atoms with Gasteiger partial charge in [0.25, 0.3) is 5.89 Å². The van der Waals surface area contributed by atoms with Crippen LogP contribution in [-0.4, -0.2) is 22.2 Å². The molecule has 8 heteroatoms. The van der Waals surface area contributed by atoms with Crippen LogP contribution in [0, 0.1) is 0 Å². The number of aryl methyl sites for hydroxylation is 1. The standard InChI is InChI=1S/C21H23Cl2N3O3/c1-6-15-25-20(29-26-15)16-11(4)24-12(5)17(21(27)28-10(2)3)18(16)13-8-7-9-14(22)19(13)23/h7-10,18,24H,6H2,1-5H3. The SMILES string of the molecule is CCc1noc(C2=C(C)NC(C)=C(C(=O)OC(C)C)C2c2cccc(Cl)c2Cl)n1. The van der Waals surface area contributed by atoms with Crippen LogP contribution in [-0.2, 0) is 16.0 Å². The molecule has 154 valence electrons. The van der Waals surface area contributed by atoms with Crippen LogP contribution in [0.2, 0.25) is 10.0 Å². The molecule has 1 aliphatic heterocycles. The van der Waals surface area contributed by atoms with Gasteiger partial charge in [0, 0.05) is 23.4 Å². The first kappa shape index (κ1) is 21.4. The summed E-state index contributed by atoms with van der Waals surface area (Å²) in [6.45, 7) is 9.27. The number of carbonyl (C=O) groups is 1. The quantitative estimate of drug-likeness (QED) is 0.643. The Balaban J connectivity index is 2.24. The van der Waals surface area contributed by atoms with Gasteiger partial charge >= 0.3 is 5.97 Å². The second-order valence-electron chi connectivity index (χ2n) is 7.10. The van der Waals surface area contributed by atoms with E-state index in [2.05, 4.69) is 15.5 Å². The molecule has 0 spiro atoms. The molecule has 29 heavy (non-hydrogen) atoms. The van der Waals surface area contributed by atoms with Crippen molar-refractivity contribution in [1.82, 2.24) is 15.5 Å². The molecule has 0 saturated heterocycles. The van der Waals surface area contributed by atoms with Gasteiger partial charge < -0.3 is 14.6 Å². The van der Waals surface area contributed by atoms with Crippen molar-refractivity contribution in [3.63, 3.8) is 0 Å². The van der Waals surface area contributed by atoms with E-state index < -0.39 is 11.9 Å². The van der Waals surface area contributed by atoms with Gasteiger partial charge in [-0.1, -0.05) is 47.4 Å². The molecule has 1 unspecified atom stereocenters. The Kier molecular flexibility index (Phi) is 6.34. The Morgan fingerprint density at radius 1 is 1.28 bits per heavy atom. The lowest BCUT2D eigenvalue weighted by Gasteiger charge is -2.31. The molecule has 1 aromatic carbocycles. The summed E-state index contributed by atoms with van der Waals surface area (Å²) in [5.74, 6) is -0.103. The molecular formula is C21H23Cl2N3O3. The van der Waals surface area contributed by atoms with Crippen LogP contribution in [0.15, 0.2) is 39.7 Å². The summed E-state index contributed by atoms with van der Waals surface area (Å²) < 4.78 is 11.0. The van der Waals surface area contributed by atoms with E-state index in [4.69, 9.17) is 32.5 Å². The minimum Gasteiger partial charge on any atom is -0.460 e. The van der Waals surface area contributed by atoms with Gasteiger partial charge in [0.2, 0.25) is 0 Å². The lowest BCUT2D eigenvalue weighted by atomic mass is 9.80. The predicted octanol–water partition coefficient (Wildman–Crippen LogP) is 5.28. The van der Waals surface area contributed by atoms with Crippen molar-refractivity contribution >= 4 is 34.7 Å². The number of nitrogens with one attached hydrogen (secondary N) is 1. The zero-order valence-corrected chi connectivity index (χ0v) is 18.5. The van der Waals surface area contributed by atoms with Gasteiger partial charge in [-0.15, -0.1) is 0 Å². The van der Waals surface area contributed by atoms with Crippen LogP contribution >= 0.6 is 23.2 Å². The lowest BCUT2D eigenvalue weighted by Crippen LogP contribution is -2.29. The molecule has 2 aromatic rings. The molecule has 0 bridgehead atoms. The smallest absolute Gasteiger partial charge is 0.337 e. The number of rotatable bonds is 5. The number of hydrogen-bond donors (Lipinski definition) is 1. The number of nitrogens with zero attached hydrogens (tertiary/aromatic N) is 2. The zero-order valence-electron chi connectivity index (χ0n) is 17.0. The summed E-state index contributed by atoms with van der Waals surface area (Å²) in [5, 5.41) is 8.02. The monoisotopic (exact) mass is 435 g/mol. The number of dihydropyridines is 1. The number of benzene rings is 1. The van der Waals surface area contributed by atoms with Crippen LogP contribution in [0.4, 0.5) is 0 Å². The average Bonchev–Trinajstić information content (AvgIpc) is 3.11. The van der Waals surface area contributed by atoms with Crippen LogP contribution < -0.4 is 5.32 Å². The average molecular weight is 436 g/mol. The Labute approximate surface area is 179 Å². The number of carbonyl (C=O) groups excluding carboxylic acids is 1. The minimum absolute atomic E-state index is 0.274. The van der Waals surface area contributed by atoms with Crippen LogP contribution in [0.3, 0.4) is 0 Å². The highest BCUT2D eigenvalue weighted by Gasteiger charge is 2.38. The Morgan fingerprint density at radius 3 is 2.62 bits per heavy atom. The molecular weight excluding hydrogens is 413 g/mol. The number of halogens is 2. The molecule has 0 fully saturated rings. The van der Waals surface area contributed by atoms with Crippen molar-refractivity contribution in [2.24, 2.45) is 0 Å². The highest BCUT2D eigenvalue weighted by Crippen LogP contribution is 2.46. The summed E-state index contributed by atoms with van der Waals surface area (Å²) >= 11 is 12.9. The second-order valence-corrected chi connectivity index (χ2v) is 7.89. The summed E-state index contributed by atoms with van der Waals surface area (Å²) in [5.41, 5.74) is 3.23. The number of allylic oxidation sites excluding steroid dienone is 3. The van der Waals surface area contributed by atoms with Crippen molar-refractivity contribution in [3.05, 3.63) is 62.5 Å². The molecule has 2 heterocycles. The molecule has 1 atom stereocenters. The number of esters is 1. The van der Waals surface area contributed by atoms with E-state index >= 15 is 0 Å². The van der Waals surface area contributed by atoms with E-state index in [1.54, 1.807) is 26.0 Å². The molecule has 6 nitrogen and oxygen atoms in total. The number of hydrogen-bond acceptors (Lipinski definition) is 6. The van der Waals surface area contributed by atoms with Crippen molar-refractivity contribution in [2.45, 2.75) is 53.1 Å². The van der Waals surface area contributed by atoms with Gasteiger partial charge in [-0.05, 0) is 39.3 Å². The summed E-state index contributed by atoms with van der Waals surface area (Å²) in [4.78, 5) is 17.5. The lowest BCUT2D eigenvalue weighted by molar-refractivity contribution is -0.142. The fourth-order valence-corrected chi connectivity index (χ4v) is 3.80. The van der Waals surface area contributed by atoms with Gasteiger partial charge in [0.15, 0.2) is 5.82 Å². The van der Waals surface area contributed by atoms with E-state index in [1.807, 2.05) is 26.8 Å². The fraction of sp³-hybridized carbons (Fsp3) is 0.381.